The van der Waals surface area contributed by atoms with E-state index >= 15 is 0 Å². The first-order chi connectivity index (χ1) is 22.1. The van der Waals surface area contributed by atoms with E-state index in [0.717, 1.165) is 5.56 Å². The van der Waals surface area contributed by atoms with Gasteiger partial charge in [0.15, 0.2) is 5.82 Å². The lowest BCUT2D eigenvalue weighted by atomic mass is 9.98. The molecule has 46 heavy (non-hydrogen) atoms. The van der Waals surface area contributed by atoms with Crippen molar-refractivity contribution in [2.45, 2.75) is 32.5 Å². The van der Waals surface area contributed by atoms with Gasteiger partial charge >= 0.3 is 0 Å². The normalized spacial score (nSPS) is 14.1. The Labute approximate surface area is 274 Å². The number of carbonyl (C=O) groups is 2. The maximum Gasteiger partial charge on any atom is 0.263 e. The molecule has 234 valence electrons. The third-order valence-electron chi connectivity index (χ3n) is 7.93. The van der Waals surface area contributed by atoms with Crippen molar-refractivity contribution in [3.8, 4) is 17.1 Å². The molecule has 11 nitrogen and oxygen atoms in total. The number of H-pyrrole nitrogens is 1. The Bertz CT molecular complexity index is 1990. The fourth-order valence-electron chi connectivity index (χ4n) is 5.49. The number of hydrogen-bond acceptors (Lipinski definition) is 7. The number of amides is 2. The lowest BCUT2D eigenvalue weighted by Gasteiger charge is -2.35. The maximum absolute atomic E-state index is 14.3. The molecule has 0 spiro atoms. The van der Waals surface area contributed by atoms with Crippen LogP contribution in [0.25, 0.3) is 17.1 Å². The molecule has 2 N–H and O–H groups in total. The summed E-state index contributed by atoms with van der Waals surface area (Å²) in [6.45, 7) is 2.28. The number of nitrogens with one attached hydrogen (secondary N) is 2. The Morgan fingerprint density at radius 2 is 1.72 bits per heavy atom. The van der Waals surface area contributed by atoms with E-state index in [1.165, 1.54) is 4.57 Å². The van der Waals surface area contributed by atoms with Crippen molar-refractivity contribution in [3.63, 3.8) is 0 Å². The van der Waals surface area contributed by atoms with E-state index in [1.807, 2.05) is 37.3 Å². The number of halogens is 2. The summed E-state index contributed by atoms with van der Waals surface area (Å²) in [6.07, 6.45) is 0.303. The molecule has 2 aromatic heterocycles. The number of hydrogen-bond donors (Lipinski definition) is 2. The Morgan fingerprint density at radius 1 is 1.00 bits per heavy atom. The Balaban J connectivity index is 1.40. The standard InChI is InChI=1S/C33H30Cl2N8O3/c1-19-15-24-27(17-42(19)31(45)22-11-14-25(34)26(35)16-22)37-33(43(32(24)46)23-12-9-21(10-13-23)30(44)36-2)41(3)18-28-38-29(40-39-28)20-7-5-4-6-8-20/h4-14,16,19H,15,17-18H2,1-3H3,(H,36,44)(H,38,39,40)/t19-/m1/s1. The average Bonchev–Trinajstić information content (AvgIpc) is 3.54. The van der Waals surface area contributed by atoms with Gasteiger partial charge in [0.2, 0.25) is 5.95 Å². The quantitative estimate of drug-likeness (QED) is 0.255. The molecule has 3 aromatic carbocycles. The average molecular weight is 658 g/mol. The zero-order valence-corrected chi connectivity index (χ0v) is 26.8. The molecule has 0 aliphatic carbocycles. The molecule has 6 rings (SSSR count). The monoisotopic (exact) mass is 656 g/mol. The molecule has 1 atom stereocenters. The number of nitrogens with zero attached hydrogens (tertiary/aromatic N) is 6. The molecular weight excluding hydrogens is 627 g/mol. The topological polar surface area (TPSA) is 129 Å². The first-order valence-electron chi connectivity index (χ1n) is 14.6. The van der Waals surface area contributed by atoms with Gasteiger partial charge in [0, 0.05) is 42.4 Å². The van der Waals surface area contributed by atoms with Crippen LogP contribution in [-0.2, 0) is 19.5 Å². The van der Waals surface area contributed by atoms with Crippen LogP contribution in [0.15, 0.2) is 77.6 Å². The van der Waals surface area contributed by atoms with Gasteiger partial charge in [-0.1, -0.05) is 53.5 Å². The fourth-order valence-corrected chi connectivity index (χ4v) is 5.78. The number of carbonyl (C=O) groups excluding carboxylic acids is 2. The van der Waals surface area contributed by atoms with Crippen LogP contribution < -0.4 is 15.8 Å². The summed E-state index contributed by atoms with van der Waals surface area (Å²) in [5, 5.41) is 10.6. The van der Waals surface area contributed by atoms with Crippen molar-refractivity contribution in [2.75, 3.05) is 19.0 Å². The third-order valence-corrected chi connectivity index (χ3v) is 8.67. The third kappa shape index (κ3) is 5.99. The number of aromatic nitrogens is 5. The number of benzene rings is 3. The van der Waals surface area contributed by atoms with Crippen LogP contribution in [0.2, 0.25) is 10.0 Å². The predicted octanol–water partition coefficient (Wildman–Crippen LogP) is 4.91. The molecule has 0 radical (unpaired) electrons. The number of anilines is 1. The van der Waals surface area contributed by atoms with Crippen molar-refractivity contribution in [1.29, 1.82) is 0 Å². The van der Waals surface area contributed by atoms with Crippen molar-refractivity contribution >= 4 is 41.0 Å². The van der Waals surface area contributed by atoms with E-state index in [0.29, 0.717) is 57.1 Å². The number of rotatable bonds is 7. The first kappa shape index (κ1) is 31.0. The van der Waals surface area contributed by atoms with E-state index in [1.54, 1.807) is 66.4 Å². The Kier molecular flexibility index (Phi) is 8.61. The fraction of sp³-hybridized carbons (Fsp3) is 0.212. The second-order valence-electron chi connectivity index (χ2n) is 11.0. The lowest BCUT2D eigenvalue weighted by Crippen LogP contribution is -2.46. The molecular formula is C33H30Cl2N8O3. The molecule has 5 aromatic rings. The van der Waals surface area contributed by atoms with Gasteiger partial charge in [0.25, 0.3) is 17.4 Å². The van der Waals surface area contributed by atoms with Crippen LogP contribution in [0.5, 0.6) is 0 Å². The summed E-state index contributed by atoms with van der Waals surface area (Å²) >= 11 is 12.3. The van der Waals surface area contributed by atoms with Crippen molar-refractivity contribution < 1.29 is 9.59 Å². The van der Waals surface area contributed by atoms with E-state index in [-0.39, 0.29) is 41.5 Å². The molecule has 0 bridgehead atoms. The first-order valence-corrected chi connectivity index (χ1v) is 15.3. The highest BCUT2D eigenvalue weighted by molar-refractivity contribution is 6.42. The number of fused-ring (bicyclic) bond motifs is 1. The molecule has 2 amide bonds. The predicted molar refractivity (Wildman–Crippen MR) is 177 cm³/mol. The molecule has 0 saturated heterocycles. The van der Waals surface area contributed by atoms with Crippen LogP contribution in [0, 0.1) is 0 Å². The highest BCUT2D eigenvalue weighted by Gasteiger charge is 2.32. The minimum Gasteiger partial charge on any atom is -0.355 e. The van der Waals surface area contributed by atoms with Gasteiger partial charge in [0.05, 0.1) is 34.5 Å². The van der Waals surface area contributed by atoms with Crippen LogP contribution in [0.1, 0.15) is 44.7 Å². The van der Waals surface area contributed by atoms with E-state index in [9.17, 15) is 14.4 Å². The van der Waals surface area contributed by atoms with Crippen LogP contribution >= 0.6 is 23.2 Å². The van der Waals surface area contributed by atoms with E-state index < -0.39 is 0 Å². The Morgan fingerprint density at radius 3 is 2.41 bits per heavy atom. The minimum absolute atomic E-state index is 0.128. The zero-order chi connectivity index (χ0) is 32.5. The molecule has 3 heterocycles. The summed E-state index contributed by atoms with van der Waals surface area (Å²) in [5.41, 5.74) is 3.03. The van der Waals surface area contributed by atoms with Crippen LogP contribution in [-0.4, -0.2) is 61.6 Å². The molecule has 1 aliphatic heterocycles. The zero-order valence-electron chi connectivity index (χ0n) is 25.3. The highest BCUT2D eigenvalue weighted by atomic mass is 35.5. The summed E-state index contributed by atoms with van der Waals surface area (Å²) in [4.78, 5) is 53.2. The van der Waals surface area contributed by atoms with Gasteiger partial charge in [-0.05, 0) is 55.8 Å². The molecule has 0 saturated carbocycles. The minimum atomic E-state index is -0.290. The molecule has 0 unspecified atom stereocenters. The van der Waals surface area contributed by atoms with Crippen molar-refractivity contribution in [3.05, 3.63) is 121 Å². The van der Waals surface area contributed by atoms with Crippen molar-refractivity contribution in [1.82, 2.24) is 34.9 Å². The molecule has 13 heteroatoms. The van der Waals surface area contributed by atoms with Gasteiger partial charge in [-0.2, -0.15) is 5.10 Å². The smallest absolute Gasteiger partial charge is 0.263 e. The molecule has 0 fully saturated rings. The summed E-state index contributed by atoms with van der Waals surface area (Å²) in [6, 6.07) is 20.8. The van der Waals surface area contributed by atoms with Gasteiger partial charge in [0.1, 0.15) is 5.82 Å². The molecule has 1 aliphatic rings. The van der Waals surface area contributed by atoms with Crippen molar-refractivity contribution in [2.24, 2.45) is 0 Å². The second kappa shape index (κ2) is 12.8. The maximum atomic E-state index is 14.3. The second-order valence-corrected chi connectivity index (χ2v) is 11.9. The van der Waals surface area contributed by atoms with Gasteiger partial charge in [-0.3, -0.25) is 19.5 Å². The van der Waals surface area contributed by atoms with Gasteiger partial charge < -0.3 is 15.1 Å². The SMILES string of the molecule is CNC(=O)c1ccc(-n2c(N(C)Cc3nc(-c4ccccc4)n[nH]3)nc3c(c2=O)C[C@@H](C)N(C(=O)c2ccc(Cl)c(Cl)c2)C3)cc1. The van der Waals surface area contributed by atoms with Crippen LogP contribution in [0.4, 0.5) is 5.95 Å². The largest absolute Gasteiger partial charge is 0.355 e. The summed E-state index contributed by atoms with van der Waals surface area (Å²) < 4.78 is 1.53. The van der Waals surface area contributed by atoms with Gasteiger partial charge in [-0.25, -0.2) is 14.5 Å². The number of aromatic amines is 1. The highest BCUT2D eigenvalue weighted by Crippen LogP contribution is 2.28. The van der Waals surface area contributed by atoms with E-state index in [2.05, 4.69) is 20.5 Å². The van der Waals surface area contributed by atoms with E-state index in [4.69, 9.17) is 28.2 Å². The van der Waals surface area contributed by atoms with Gasteiger partial charge in [-0.15, -0.1) is 0 Å². The lowest BCUT2D eigenvalue weighted by molar-refractivity contribution is 0.0653. The van der Waals surface area contributed by atoms with Crippen LogP contribution in [0.3, 0.4) is 0 Å². The summed E-state index contributed by atoms with van der Waals surface area (Å²) in [7, 11) is 3.36. The Hall–Kier alpha value is -5.00. The summed E-state index contributed by atoms with van der Waals surface area (Å²) in [5.74, 6) is 0.984.